The lowest BCUT2D eigenvalue weighted by Crippen LogP contribution is -2.39. The summed E-state index contributed by atoms with van der Waals surface area (Å²) in [5, 5.41) is 6.76. The van der Waals surface area contributed by atoms with Gasteiger partial charge in [0.05, 0.1) is 17.9 Å². The molecule has 2 heterocycles. The first kappa shape index (κ1) is 17.2. The van der Waals surface area contributed by atoms with Crippen molar-refractivity contribution in [3.63, 3.8) is 0 Å². The van der Waals surface area contributed by atoms with E-state index in [9.17, 15) is 9.59 Å². The molecule has 1 aromatic carbocycles. The molecule has 0 spiro atoms. The zero-order valence-corrected chi connectivity index (χ0v) is 15.0. The third-order valence-corrected chi connectivity index (χ3v) is 4.93. The van der Waals surface area contributed by atoms with E-state index in [1.165, 1.54) is 11.1 Å². The van der Waals surface area contributed by atoms with Crippen LogP contribution in [0.2, 0.25) is 0 Å². The van der Waals surface area contributed by atoms with Crippen LogP contribution in [-0.2, 0) is 16.1 Å². The predicted octanol–water partition coefficient (Wildman–Crippen LogP) is 2.82. The van der Waals surface area contributed by atoms with Gasteiger partial charge in [-0.1, -0.05) is 18.2 Å². The molecule has 6 heteroatoms. The van der Waals surface area contributed by atoms with Gasteiger partial charge in [0.1, 0.15) is 0 Å². The molecule has 0 aliphatic carbocycles. The van der Waals surface area contributed by atoms with E-state index in [1.807, 2.05) is 13.0 Å². The summed E-state index contributed by atoms with van der Waals surface area (Å²) in [7, 11) is 0. The fraction of sp³-hybridized carbons (Fsp3) is 0.421. The van der Waals surface area contributed by atoms with Gasteiger partial charge in [-0.25, -0.2) is 0 Å². The van der Waals surface area contributed by atoms with Crippen molar-refractivity contribution in [1.29, 1.82) is 0 Å². The summed E-state index contributed by atoms with van der Waals surface area (Å²) in [5.74, 6) is -1.08. The highest BCUT2D eigenvalue weighted by Crippen LogP contribution is 2.34. The van der Waals surface area contributed by atoms with Gasteiger partial charge < -0.3 is 10.2 Å². The first-order valence-corrected chi connectivity index (χ1v) is 8.71. The molecule has 25 heavy (non-hydrogen) atoms. The maximum Gasteiger partial charge on any atom is 0.314 e. The van der Waals surface area contributed by atoms with Crippen LogP contribution in [-0.4, -0.2) is 33.0 Å². The molecule has 1 N–H and O–H groups in total. The van der Waals surface area contributed by atoms with Crippen LogP contribution in [0.15, 0.2) is 30.6 Å². The van der Waals surface area contributed by atoms with E-state index in [0.717, 1.165) is 18.4 Å². The predicted molar refractivity (Wildman–Crippen MR) is 96.1 cm³/mol. The highest BCUT2D eigenvalue weighted by atomic mass is 16.2. The second-order valence-electron chi connectivity index (χ2n) is 6.48. The number of anilines is 1. The van der Waals surface area contributed by atoms with Gasteiger partial charge in [0.25, 0.3) is 0 Å². The monoisotopic (exact) mass is 340 g/mol. The normalized spacial score (nSPS) is 16.9. The molecule has 132 valence electrons. The standard InChI is InChI=1S/C19H24N4O2/c1-4-22-12-15(11-20-22)21-18(24)19(25)23-10-6-9-17(23)16-8-5-7-13(2)14(16)3/h5,7-8,11-12,17H,4,6,9-10H2,1-3H3,(H,21,24). The molecule has 1 saturated heterocycles. The molecule has 0 saturated carbocycles. The summed E-state index contributed by atoms with van der Waals surface area (Å²) in [5.41, 5.74) is 4.07. The molecular weight excluding hydrogens is 316 g/mol. The number of rotatable bonds is 3. The molecule has 2 amide bonds. The zero-order chi connectivity index (χ0) is 18.0. The topological polar surface area (TPSA) is 67.2 Å². The van der Waals surface area contributed by atoms with E-state index in [0.29, 0.717) is 18.8 Å². The van der Waals surface area contributed by atoms with Crippen LogP contribution in [0.3, 0.4) is 0 Å². The van der Waals surface area contributed by atoms with Crippen molar-refractivity contribution in [2.24, 2.45) is 0 Å². The Hall–Kier alpha value is -2.63. The second-order valence-corrected chi connectivity index (χ2v) is 6.48. The van der Waals surface area contributed by atoms with Crippen LogP contribution in [0.25, 0.3) is 0 Å². The van der Waals surface area contributed by atoms with E-state index in [1.54, 1.807) is 22.0 Å². The van der Waals surface area contributed by atoms with Crippen LogP contribution >= 0.6 is 0 Å². The van der Waals surface area contributed by atoms with E-state index < -0.39 is 11.8 Å². The van der Waals surface area contributed by atoms with Gasteiger partial charge in [-0.15, -0.1) is 0 Å². The number of carbonyl (C=O) groups is 2. The van der Waals surface area contributed by atoms with Crippen molar-refractivity contribution in [3.8, 4) is 0 Å². The van der Waals surface area contributed by atoms with Crippen molar-refractivity contribution in [2.45, 2.75) is 46.2 Å². The Balaban J connectivity index is 1.76. The van der Waals surface area contributed by atoms with E-state index in [-0.39, 0.29) is 6.04 Å². The Morgan fingerprint density at radius 1 is 1.32 bits per heavy atom. The molecule has 1 aliphatic heterocycles. The van der Waals surface area contributed by atoms with Gasteiger partial charge in [0, 0.05) is 19.3 Å². The Morgan fingerprint density at radius 2 is 2.12 bits per heavy atom. The Labute approximate surface area is 147 Å². The summed E-state index contributed by atoms with van der Waals surface area (Å²) >= 11 is 0. The van der Waals surface area contributed by atoms with E-state index in [2.05, 4.69) is 36.4 Å². The lowest BCUT2D eigenvalue weighted by Gasteiger charge is -2.26. The minimum absolute atomic E-state index is 0.0310. The molecule has 1 fully saturated rings. The lowest BCUT2D eigenvalue weighted by molar-refractivity contribution is -0.143. The van der Waals surface area contributed by atoms with Crippen molar-refractivity contribution in [3.05, 3.63) is 47.3 Å². The van der Waals surface area contributed by atoms with Gasteiger partial charge in [0.15, 0.2) is 0 Å². The molecule has 3 rings (SSSR count). The molecule has 2 aromatic rings. The highest BCUT2D eigenvalue weighted by Gasteiger charge is 2.34. The van der Waals surface area contributed by atoms with Crippen LogP contribution in [0.1, 0.15) is 42.5 Å². The van der Waals surface area contributed by atoms with Crippen LogP contribution in [0, 0.1) is 13.8 Å². The number of hydrogen-bond acceptors (Lipinski definition) is 3. The Kier molecular flexibility index (Phi) is 4.88. The minimum Gasteiger partial charge on any atom is -0.327 e. The maximum atomic E-state index is 12.7. The smallest absolute Gasteiger partial charge is 0.314 e. The SMILES string of the molecule is CCn1cc(NC(=O)C(=O)N2CCCC2c2cccc(C)c2C)cn1. The number of nitrogens with one attached hydrogen (secondary N) is 1. The zero-order valence-electron chi connectivity index (χ0n) is 15.0. The van der Waals surface area contributed by atoms with Crippen LogP contribution in [0.5, 0.6) is 0 Å². The van der Waals surface area contributed by atoms with Crippen molar-refractivity contribution in [1.82, 2.24) is 14.7 Å². The van der Waals surface area contributed by atoms with E-state index in [4.69, 9.17) is 0 Å². The van der Waals surface area contributed by atoms with Crippen molar-refractivity contribution < 1.29 is 9.59 Å². The minimum atomic E-state index is -0.604. The third kappa shape index (κ3) is 3.43. The first-order chi connectivity index (χ1) is 12.0. The van der Waals surface area contributed by atoms with Crippen molar-refractivity contribution >= 4 is 17.5 Å². The molecule has 6 nitrogen and oxygen atoms in total. The summed E-state index contributed by atoms with van der Waals surface area (Å²) in [6.45, 7) is 7.43. The first-order valence-electron chi connectivity index (χ1n) is 8.71. The molecular formula is C19H24N4O2. The van der Waals surface area contributed by atoms with Gasteiger partial charge in [-0.05, 0) is 50.3 Å². The third-order valence-electron chi connectivity index (χ3n) is 4.93. The molecule has 1 aliphatic rings. The quantitative estimate of drug-likeness (QED) is 0.874. The molecule has 0 radical (unpaired) electrons. The molecule has 0 bridgehead atoms. The number of carbonyl (C=O) groups excluding carboxylic acids is 2. The number of hydrogen-bond donors (Lipinski definition) is 1. The Bertz CT molecular complexity index is 796. The summed E-state index contributed by atoms with van der Waals surface area (Å²) in [6, 6.07) is 6.11. The van der Waals surface area contributed by atoms with E-state index >= 15 is 0 Å². The average molecular weight is 340 g/mol. The molecule has 1 unspecified atom stereocenters. The fourth-order valence-electron chi connectivity index (χ4n) is 3.38. The summed E-state index contributed by atoms with van der Waals surface area (Å²) in [6.07, 6.45) is 5.07. The summed E-state index contributed by atoms with van der Waals surface area (Å²) < 4.78 is 1.70. The van der Waals surface area contributed by atoms with Gasteiger partial charge in [-0.3, -0.25) is 14.3 Å². The number of benzene rings is 1. The largest absolute Gasteiger partial charge is 0.327 e. The second kappa shape index (κ2) is 7.09. The lowest BCUT2D eigenvalue weighted by atomic mass is 9.96. The number of likely N-dealkylation sites (tertiary alicyclic amines) is 1. The number of aryl methyl sites for hydroxylation is 2. The highest BCUT2D eigenvalue weighted by molar-refractivity contribution is 6.39. The Morgan fingerprint density at radius 3 is 2.84 bits per heavy atom. The van der Waals surface area contributed by atoms with Gasteiger partial charge in [0.2, 0.25) is 0 Å². The fourth-order valence-corrected chi connectivity index (χ4v) is 3.38. The van der Waals surface area contributed by atoms with Gasteiger partial charge >= 0.3 is 11.8 Å². The number of nitrogens with zero attached hydrogens (tertiary/aromatic N) is 3. The van der Waals surface area contributed by atoms with Crippen molar-refractivity contribution in [2.75, 3.05) is 11.9 Å². The molecule has 1 atom stereocenters. The number of aromatic nitrogens is 2. The van der Waals surface area contributed by atoms with Crippen LogP contribution < -0.4 is 5.32 Å². The van der Waals surface area contributed by atoms with Gasteiger partial charge in [-0.2, -0.15) is 5.10 Å². The van der Waals surface area contributed by atoms with Crippen LogP contribution in [0.4, 0.5) is 5.69 Å². The number of amides is 2. The maximum absolute atomic E-state index is 12.7. The average Bonchev–Trinajstić information content (AvgIpc) is 3.25. The molecule has 1 aromatic heterocycles. The summed E-state index contributed by atoms with van der Waals surface area (Å²) in [4.78, 5) is 26.8.